The summed E-state index contributed by atoms with van der Waals surface area (Å²) in [5.41, 5.74) is 11.4. The van der Waals surface area contributed by atoms with Crippen LogP contribution < -0.4 is 31.1 Å². The van der Waals surface area contributed by atoms with Crippen LogP contribution in [0.4, 0.5) is 0 Å². The van der Waals surface area contributed by atoms with Gasteiger partial charge in [0, 0.05) is 0 Å². The van der Waals surface area contributed by atoms with E-state index in [0.29, 0.717) is 99.7 Å². The maximum Gasteiger partial charge on any atom is 0.0941 e. The monoisotopic (exact) mass is 1240 g/mol. The maximum atomic E-state index is 2.99. The topological polar surface area (TPSA) is 0 Å². The summed E-state index contributed by atoms with van der Waals surface area (Å²) in [4.78, 5) is 0. The summed E-state index contributed by atoms with van der Waals surface area (Å²) < 4.78 is 0. The van der Waals surface area contributed by atoms with Crippen LogP contribution in [0.3, 0.4) is 0 Å². The van der Waals surface area contributed by atoms with Crippen molar-refractivity contribution in [1.29, 1.82) is 0 Å². The Morgan fingerprint density at radius 2 is 0.214 bits per heavy atom. The highest BCUT2D eigenvalue weighted by Gasteiger charge is 2.57. The van der Waals surface area contributed by atoms with Crippen LogP contribution in [-0.2, 0) is 0 Å². The van der Waals surface area contributed by atoms with Gasteiger partial charge in [-0.3, -0.25) is 0 Å². The number of hydrogen-bond donors (Lipinski definition) is 0. The van der Waals surface area contributed by atoms with Gasteiger partial charge in [-0.15, -0.1) is 0 Å². The Morgan fingerprint density at radius 1 is 0.143 bits per heavy atom. The van der Waals surface area contributed by atoms with Crippen molar-refractivity contribution >= 4 is 144 Å². The first-order valence-corrected chi connectivity index (χ1v) is 48.8. The Labute approximate surface area is 525 Å². The van der Waals surface area contributed by atoms with E-state index in [0.717, 1.165) is 0 Å². The molecular formula is C78H132Si6. The molecule has 0 spiro atoms. The molecule has 0 nitrogen and oxygen atoms in total. The van der Waals surface area contributed by atoms with Crippen molar-refractivity contribution < 1.29 is 0 Å². The third-order valence-electron chi connectivity index (χ3n) is 26.6. The fraction of sp³-hybridized carbons (Fsp3) is 0.692. The molecule has 0 saturated carbocycles. The standard InChI is InChI=1S/C78H132Si6/c1-43(2)79(44(3)4,45(5)6)67-37-61-62(38-68(67)80(46(7)8,47(9)10)48(11)12)74-73(61)75-63-39-69(81(49(13)14,50(15)16)51(17)18)70(82(52(19)20,53(21)22)54(23)24)40-64(63)77(75)78-66-42-72(84(58(31)32,59(33)34)60(35)36)71(41-65(66)76(74)78)83(55(25)26,56(27)28)57(29)30/h37-60H,1-36H3. The zero-order chi connectivity index (χ0) is 64.0. The summed E-state index contributed by atoms with van der Waals surface area (Å²) in [6.45, 7) is 95.3. The largest absolute Gasteiger partial charge is 0.0941 e. The summed E-state index contributed by atoms with van der Waals surface area (Å²) in [5, 5.41) is 30.7. The highest BCUT2D eigenvalue weighted by atomic mass is 28.3. The van der Waals surface area contributed by atoms with Crippen molar-refractivity contribution in [3.63, 3.8) is 0 Å². The van der Waals surface area contributed by atoms with Crippen LogP contribution in [0.25, 0.3) is 64.6 Å². The molecule has 0 aliphatic rings. The Kier molecular flexibility index (Phi) is 19.7. The van der Waals surface area contributed by atoms with E-state index in [2.05, 4.69) is 286 Å². The molecule has 0 aliphatic heterocycles. The average molecular weight is 1240 g/mol. The summed E-state index contributed by atoms with van der Waals surface area (Å²) in [5.74, 6) is 0. The van der Waals surface area contributed by atoms with Gasteiger partial charge in [0.1, 0.15) is 0 Å². The number of rotatable bonds is 24. The molecule has 0 aliphatic carbocycles. The van der Waals surface area contributed by atoms with Crippen LogP contribution >= 0.6 is 0 Å². The normalized spacial score (nSPS) is 14.9. The molecule has 0 fully saturated rings. The highest BCUT2D eigenvalue weighted by molar-refractivity contribution is 7.06. The first-order valence-electron chi connectivity index (χ1n) is 35.4. The molecule has 7 aromatic carbocycles. The second-order valence-corrected chi connectivity index (χ2v) is 69.7. The number of benzene rings is 4. The maximum absolute atomic E-state index is 2.99. The van der Waals surface area contributed by atoms with Gasteiger partial charge < -0.3 is 0 Å². The predicted octanol–water partition coefficient (Wildman–Crippen LogP) is 24.2. The smallest absolute Gasteiger partial charge is 0.0648 e. The lowest BCUT2D eigenvalue weighted by Crippen LogP contribution is -2.69. The molecule has 0 unspecified atom stereocenters. The lowest BCUT2D eigenvalue weighted by atomic mass is 9.75. The Morgan fingerprint density at radius 3 is 0.274 bits per heavy atom. The molecule has 0 radical (unpaired) electrons. The Hall–Kier alpha value is -1.82. The fourth-order valence-corrected chi connectivity index (χ4v) is 69.7. The van der Waals surface area contributed by atoms with Crippen LogP contribution in [0.15, 0.2) is 36.4 Å². The van der Waals surface area contributed by atoms with Crippen LogP contribution in [0.1, 0.15) is 249 Å². The lowest BCUT2D eigenvalue weighted by Gasteiger charge is -2.51. The Balaban J connectivity index is 1.98. The molecule has 0 N–H and O–H groups in total. The second kappa shape index (κ2) is 23.8. The van der Waals surface area contributed by atoms with E-state index in [9.17, 15) is 0 Å². The van der Waals surface area contributed by atoms with Gasteiger partial charge in [-0.1, -0.05) is 317 Å². The van der Waals surface area contributed by atoms with Gasteiger partial charge >= 0.3 is 0 Å². The van der Waals surface area contributed by atoms with E-state index in [1.54, 1.807) is 64.6 Å². The number of hydrogen-bond acceptors (Lipinski definition) is 0. The Bertz CT molecular complexity index is 2680. The van der Waals surface area contributed by atoms with E-state index in [-0.39, 0.29) is 0 Å². The van der Waals surface area contributed by atoms with E-state index in [1.807, 2.05) is 31.1 Å². The zero-order valence-electron chi connectivity index (χ0n) is 61.9. The molecule has 0 saturated heterocycles. The third kappa shape index (κ3) is 8.86. The van der Waals surface area contributed by atoms with Crippen molar-refractivity contribution in [2.45, 2.75) is 349 Å². The van der Waals surface area contributed by atoms with Crippen LogP contribution in [0.2, 0.25) is 99.7 Å². The first kappa shape index (κ1) is 69.7. The molecule has 468 valence electrons. The lowest BCUT2D eigenvalue weighted by molar-refractivity contribution is 0.827. The molecule has 6 heteroatoms. The molecule has 0 bridgehead atoms. The quantitative estimate of drug-likeness (QED) is 0.0529. The van der Waals surface area contributed by atoms with E-state index in [4.69, 9.17) is 0 Å². The molecular weight excluding hydrogens is 1110 g/mol. The van der Waals surface area contributed by atoms with Crippen LogP contribution in [-0.4, -0.2) is 48.4 Å². The van der Waals surface area contributed by atoms with E-state index in [1.165, 1.54) is 0 Å². The molecule has 0 heterocycles. The van der Waals surface area contributed by atoms with Crippen molar-refractivity contribution in [2.75, 3.05) is 0 Å². The van der Waals surface area contributed by atoms with Crippen LogP contribution in [0.5, 0.6) is 0 Å². The average Bonchev–Trinajstić information content (AvgIpc) is 0.657. The van der Waals surface area contributed by atoms with Crippen molar-refractivity contribution in [2.24, 2.45) is 0 Å². The van der Waals surface area contributed by atoms with Crippen molar-refractivity contribution in [3.8, 4) is 0 Å². The highest BCUT2D eigenvalue weighted by Crippen LogP contribution is 2.59. The molecule has 0 atom stereocenters. The minimum atomic E-state index is -2.18. The summed E-state index contributed by atoms with van der Waals surface area (Å²) in [6.07, 6.45) is 0. The second-order valence-electron chi connectivity index (χ2n) is 34.5. The van der Waals surface area contributed by atoms with Crippen molar-refractivity contribution in [3.05, 3.63) is 36.4 Å². The molecule has 7 aromatic rings. The first-order chi connectivity index (χ1) is 38.6. The van der Waals surface area contributed by atoms with Gasteiger partial charge in [-0.05, 0) is 164 Å². The molecule has 0 aromatic heterocycles. The molecule has 0 amide bonds. The zero-order valence-corrected chi connectivity index (χ0v) is 67.9. The molecule has 84 heavy (non-hydrogen) atoms. The predicted molar refractivity (Wildman–Crippen MR) is 409 cm³/mol. The number of fused-ring (bicyclic) bond motifs is 15. The minimum Gasteiger partial charge on any atom is -0.0648 e. The summed E-state index contributed by atoms with van der Waals surface area (Å²) >= 11 is 0. The summed E-state index contributed by atoms with van der Waals surface area (Å²) in [7, 11) is -13.1. The van der Waals surface area contributed by atoms with E-state index < -0.39 is 48.4 Å². The SMILES string of the molecule is CC(C)[Si](c1cc2c(cc1[Si](C(C)C)(C(C)C)C(C)C)c1c2c2c3cc([Si](C(C)C)(C(C)C)C(C)C)c([Si](C(C)C)(C(C)C)C(C)C)cc3c2c2c3cc([Si](C(C)C)(C(C)C)C(C)C)c([Si](C(C)C)(C(C)C)C(C)C)cc3c12)(C(C)C)C(C)C. The van der Waals surface area contributed by atoms with Crippen LogP contribution in [0, 0.1) is 0 Å². The van der Waals surface area contributed by atoms with Gasteiger partial charge in [0.2, 0.25) is 0 Å². The molecule has 7 rings (SSSR count). The van der Waals surface area contributed by atoms with Gasteiger partial charge in [-0.2, -0.15) is 0 Å². The third-order valence-corrected chi connectivity index (χ3v) is 69.8. The minimum absolute atomic E-state index is 0.631. The van der Waals surface area contributed by atoms with Gasteiger partial charge in [0.15, 0.2) is 0 Å². The van der Waals surface area contributed by atoms with Gasteiger partial charge in [0.05, 0.1) is 48.4 Å². The van der Waals surface area contributed by atoms with Gasteiger partial charge in [-0.25, -0.2) is 0 Å². The van der Waals surface area contributed by atoms with Crippen molar-refractivity contribution in [1.82, 2.24) is 0 Å². The fourth-order valence-electron chi connectivity index (χ4n) is 25.0. The summed E-state index contributed by atoms with van der Waals surface area (Å²) in [6, 6.07) is 18.0. The van der Waals surface area contributed by atoms with Gasteiger partial charge in [0.25, 0.3) is 0 Å². The van der Waals surface area contributed by atoms with E-state index >= 15 is 0 Å².